The van der Waals surface area contributed by atoms with E-state index >= 15 is 0 Å². The Morgan fingerprint density at radius 3 is 2.58 bits per heavy atom. The summed E-state index contributed by atoms with van der Waals surface area (Å²) in [7, 11) is 0. The van der Waals surface area contributed by atoms with Crippen LogP contribution >= 0.6 is 11.3 Å². The van der Waals surface area contributed by atoms with Gasteiger partial charge < -0.3 is 0 Å². The van der Waals surface area contributed by atoms with Crippen molar-refractivity contribution in [3.8, 4) is 0 Å². The van der Waals surface area contributed by atoms with Gasteiger partial charge >= 0.3 is 0 Å². The fourth-order valence-electron chi connectivity index (χ4n) is 4.47. The van der Waals surface area contributed by atoms with Gasteiger partial charge in [-0.2, -0.15) is 0 Å². The van der Waals surface area contributed by atoms with Crippen LogP contribution < -0.4 is 0 Å². The number of fused-ring (bicyclic) bond motifs is 5. The van der Waals surface area contributed by atoms with E-state index in [0.717, 1.165) is 5.92 Å². The lowest BCUT2D eigenvalue weighted by molar-refractivity contribution is 0.446. The van der Waals surface area contributed by atoms with Crippen LogP contribution in [0.5, 0.6) is 0 Å². The second-order valence-electron chi connectivity index (χ2n) is 7.33. The Morgan fingerprint density at radius 1 is 0.875 bits per heavy atom. The minimum Gasteiger partial charge on any atom is -0.135 e. The summed E-state index contributed by atoms with van der Waals surface area (Å²) in [5.41, 5.74) is 2.97. The zero-order chi connectivity index (χ0) is 16.1. The standard InChI is InChI=1S/C23H22S/c1-15-11-12-19-21(13-15)24-23-20(16-7-3-2-4-8-16)14-17-9-5-6-10-18(17)22(19)23/h5-6,9-14,16H,2-4,7-8H2,1H3. The molecule has 0 saturated heterocycles. The Morgan fingerprint density at radius 2 is 1.71 bits per heavy atom. The van der Waals surface area contributed by atoms with Gasteiger partial charge in [-0.15, -0.1) is 11.3 Å². The molecule has 1 aliphatic carbocycles. The smallest absolute Gasteiger partial charge is 0.0396 e. The van der Waals surface area contributed by atoms with Crippen molar-refractivity contribution in [2.75, 3.05) is 0 Å². The Kier molecular flexibility index (Phi) is 3.38. The zero-order valence-corrected chi connectivity index (χ0v) is 15.0. The predicted molar refractivity (Wildman–Crippen MR) is 107 cm³/mol. The highest BCUT2D eigenvalue weighted by atomic mass is 32.1. The van der Waals surface area contributed by atoms with Crippen LogP contribution in [0.4, 0.5) is 0 Å². The number of hydrogen-bond acceptors (Lipinski definition) is 1. The van der Waals surface area contributed by atoms with Crippen molar-refractivity contribution < 1.29 is 0 Å². The van der Waals surface area contributed by atoms with Gasteiger partial charge in [0.05, 0.1) is 0 Å². The van der Waals surface area contributed by atoms with Crippen LogP contribution in [0.3, 0.4) is 0 Å². The van der Waals surface area contributed by atoms with Gasteiger partial charge in [-0.25, -0.2) is 0 Å². The summed E-state index contributed by atoms with van der Waals surface area (Å²) in [6, 6.07) is 18.4. The molecule has 1 aromatic heterocycles. The molecule has 1 heterocycles. The van der Waals surface area contributed by atoms with Crippen LogP contribution in [-0.2, 0) is 0 Å². The van der Waals surface area contributed by atoms with Crippen molar-refractivity contribution in [1.82, 2.24) is 0 Å². The van der Waals surface area contributed by atoms with Crippen LogP contribution in [0.1, 0.15) is 49.1 Å². The molecule has 120 valence electrons. The summed E-state index contributed by atoms with van der Waals surface area (Å²) in [4.78, 5) is 0. The lowest BCUT2D eigenvalue weighted by Gasteiger charge is -2.23. The highest BCUT2D eigenvalue weighted by Crippen LogP contribution is 2.45. The highest BCUT2D eigenvalue weighted by Gasteiger charge is 2.21. The van der Waals surface area contributed by atoms with Crippen LogP contribution in [0, 0.1) is 6.92 Å². The molecule has 5 rings (SSSR count). The lowest BCUT2D eigenvalue weighted by Crippen LogP contribution is -2.04. The Bertz CT molecular complexity index is 1050. The lowest BCUT2D eigenvalue weighted by atomic mass is 9.82. The maximum absolute atomic E-state index is 2.50. The minimum absolute atomic E-state index is 0.750. The normalized spacial score (nSPS) is 16.4. The molecule has 3 aromatic carbocycles. The molecular weight excluding hydrogens is 308 g/mol. The van der Waals surface area contributed by atoms with Crippen LogP contribution in [0.25, 0.3) is 30.9 Å². The Hall–Kier alpha value is -1.86. The average molecular weight is 330 g/mol. The summed E-state index contributed by atoms with van der Waals surface area (Å²) >= 11 is 2.01. The molecule has 1 saturated carbocycles. The van der Waals surface area contributed by atoms with Gasteiger partial charge in [-0.05, 0) is 59.7 Å². The van der Waals surface area contributed by atoms with Crippen molar-refractivity contribution in [2.24, 2.45) is 0 Å². The fourth-order valence-corrected chi connectivity index (χ4v) is 5.89. The summed E-state index contributed by atoms with van der Waals surface area (Å²) < 4.78 is 2.99. The van der Waals surface area contributed by atoms with Crippen molar-refractivity contribution in [1.29, 1.82) is 0 Å². The molecule has 4 aromatic rings. The van der Waals surface area contributed by atoms with E-state index < -0.39 is 0 Å². The summed E-state index contributed by atoms with van der Waals surface area (Å²) in [6.45, 7) is 2.20. The van der Waals surface area contributed by atoms with Gasteiger partial charge in [0.2, 0.25) is 0 Å². The predicted octanol–water partition coefficient (Wildman–Crippen LogP) is 7.56. The molecule has 0 spiro atoms. The molecule has 0 bridgehead atoms. The third-order valence-corrected chi connectivity index (χ3v) is 6.90. The van der Waals surface area contributed by atoms with Gasteiger partial charge in [0.25, 0.3) is 0 Å². The molecule has 1 fully saturated rings. The molecule has 1 aliphatic rings. The Labute approximate surface area is 147 Å². The number of hydrogen-bond donors (Lipinski definition) is 0. The first kappa shape index (κ1) is 14.5. The van der Waals surface area contributed by atoms with Crippen LogP contribution in [0.15, 0.2) is 48.5 Å². The summed E-state index contributed by atoms with van der Waals surface area (Å²) in [5.74, 6) is 0.750. The molecular formula is C23H22S. The van der Waals surface area contributed by atoms with Crippen molar-refractivity contribution in [3.05, 3.63) is 59.7 Å². The second kappa shape index (κ2) is 5.60. The maximum atomic E-state index is 2.50. The van der Waals surface area contributed by atoms with E-state index in [1.165, 1.54) is 63.9 Å². The summed E-state index contributed by atoms with van der Waals surface area (Å²) in [5, 5.41) is 5.76. The highest BCUT2D eigenvalue weighted by molar-refractivity contribution is 7.26. The Balaban J connectivity index is 1.91. The first-order chi connectivity index (χ1) is 11.8. The van der Waals surface area contributed by atoms with Crippen LogP contribution in [-0.4, -0.2) is 0 Å². The monoisotopic (exact) mass is 330 g/mol. The van der Waals surface area contributed by atoms with Crippen LogP contribution in [0.2, 0.25) is 0 Å². The van der Waals surface area contributed by atoms with Crippen molar-refractivity contribution >= 4 is 42.3 Å². The quantitative estimate of drug-likeness (QED) is 0.338. The molecule has 0 nitrogen and oxygen atoms in total. The third-order valence-electron chi connectivity index (χ3n) is 5.69. The van der Waals surface area contributed by atoms with E-state index in [9.17, 15) is 0 Å². The van der Waals surface area contributed by atoms with E-state index in [1.54, 1.807) is 10.3 Å². The first-order valence-electron chi connectivity index (χ1n) is 9.16. The largest absolute Gasteiger partial charge is 0.135 e. The molecule has 0 aliphatic heterocycles. The molecule has 24 heavy (non-hydrogen) atoms. The molecule has 0 radical (unpaired) electrons. The van der Waals surface area contributed by atoms with Crippen molar-refractivity contribution in [3.63, 3.8) is 0 Å². The molecule has 0 atom stereocenters. The van der Waals surface area contributed by atoms with E-state index in [1.807, 2.05) is 11.3 Å². The third kappa shape index (κ3) is 2.18. The average Bonchev–Trinajstić information content (AvgIpc) is 3.00. The van der Waals surface area contributed by atoms with E-state index in [-0.39, 0.29) is 0 Å². The topological polar surface area (TPSA) is 0 Å². The van der Waals surface area contributed by atoms with E-state index in [2.05, 4.69) is 55.5 Å². The maximum Gasteiger partial charge on any atom is 0.0396 e. The molecule has 0 unspecified atom stereocenters. The van der Waals surface area contributed by atoms with Gasteiger partial charge in [-0.1, -0.05) is 55.7 Å². The minimum atomic E-state index is 0.750. The number of thiophene rings is 1. The zero-order valence-electron chi connectivity index (χ0n) is 14.1. The van der Waals surface area contributed by atoms with Gasteiger partial charge in [0.1, 0.15) is 0 Å². The second-order valence-corrected chi connectivity index (χ2v) is 8.38. The van der Waals surface area contributed by atoms with E-state index in [4.69, 9.17) is 0 Å². The van der Waals surface area contributed by atoms with Crippen molar-refractivity contribution in [2.45, 2.75) is 44.9 Å². The first-order valence-corrected chi connectivity index (χ1v) is 9.97. The number of rotatable bonds is 1. The molecule has 0 N–H and O–H groups in total. The number of aryl methyl sites for hydroxylation is 1. The van der Waals surface area contributed by atoms with E-state index in [0.29, 0.717) is 0 Å². The SMILES string of the molecule is Cc1ccc2c(c1)sc1c(C3CCCCC3)cc3ccccc3c12. The number of benzene rings is 3. The van der Waals surface area contributed by atoms with Gasteiger partial charge in [0, 0.05) is 20.2 Å². The van der Waals surface area contributed by atoms with Gasteiger partial charge in [-0.3, -0.25) is 0 Å². The summed E-state index contributed by atoms with van der Waals surface area (Å²) in [6.07, 6.45) is 6.92. The van der Waals surface area contributed by atoms with Gasteiger partial charge in [0.15, 0.2) is 0 Å². The fraction of sp³-hybridized carbons (Fsp3) is 0.304. The molecule has 0 amide bonds. The molecule has 1 heteroatoms.